The Morgan fingerprint density at radius 2 is 1.92 bits per heavy atom. The Kier molecular flexibility index (Phi) is 5.11. The Labute approximate surface area is 143 Å². The minimum atomic E-state index is -0.0945. The topological polar surface area (TPSA) is 66.4 Å². The molecule has 24 heavy (non-hydrogen) atoms. The summed E-state index contributed by atoms with van der Waals surface area (Å²) in [5.41, 5.74) is 1.31. The van der Waals surface area contributed by atoms with Crippen LogP contribution in [0, 0.1) is 6.92 Å². The van der Waals surface area contributed by atoms with Crippen molar-refractivity contribution in [2.24, 2.45) is 0 Å². The van der Waals surface area contributed by atoms with Gasteiger partial charge in [0.15, 0.2) is 0 Å². The number of piperidine rings is 1. The highest BCUT2D eigenvalue weighted by atomic mass is 16.2. The number of amides is 2. The van der Waals surface area contributed by atoms with E-state index in [1.807, 2.05) is 23.6 Å². The molecule has 0 aliphatic carbocycles. The molecule has 2 saturated heterocycles. The predicted octanol–water partition coefficient (Wildman–Crippen LogP) is 2.48. The first-order valence-electron chi connectivity index (χ1n) is 9.04. The van der Waals surface area contributed by atoms with Crippen LogP contribution in [0.4, 0.5) is 0 Å². The molecule has 0 aromatic carbocycles. The summed E-state index contributed by atoms with van der Waals surface area (Å²) in [4.78, 5) is 37.9. The van der Waals surface area contributed by atoms with E-state index in [0.29, 0.717) is 17.8 Å². The zero-order valence-electron chi connectivity index (χ0n) is 14.6. The summed E-state index contributed by atoms with van der Waals surface area (Å²) in [5, 5.41) is 0. The lowest BCUT2D eigenvalue weighted by Crippen LogP contribution is -2.38. The molecule has 3 rings (SSSR count). The molecule has 130 valence electrons. The lowest BCUT2D eigenvalue weighted by Gasteiger charge is -2.29. The fraction of sp³-hybridized carbons (Fsp3) is 0.667. The van der Waals surface area contributed by atoms with Crippen LogP contribution in [0.1, 0.15) is 73.4 Å². The van der Waals surface area contributed by atoms with Crippen LogP contribution in [0.15, 0.2) is 6.20 Å². The number of hydrogen-bond acceptors (Lipinski definition) is 4. The molecule has 1 unspecified atom stereocenters. The molecular formula is C18H26N4O2. The summed E-state index contributed by atoms with van der Waals surface area (Å²) < 4.78 is 0. The van der Waals surface area contributed by atoms with Crippen molar-refractivity contribution < 1.29 is 9.59 Å². The van der Waals surface area contributed by atoms with Gasteiger partial charge >= 0.3 is 0 Å². The average molecular weight is 330 g/mol. The van der Waals surface area contributed by atoms with Gasteiger partial charge in [-0.25, -0.2) is 9.97 Å². The number of aryl methyl sites for hydroxylation is 1. The second-order valence-corrected chi connectivity index (χ2v) is 6.67. The van der Waals surface area contributed by atoms with Crippen LogP contribution in [-0.2, 0) is 4.79 Å². The van der Waals surface area contributed by atoms with Crippen molar-refractivity contribution in [2.75, 3.05) is 19.6 Å². The molecule has 0 spiro atoms. The molecule has 2 aliphatic rings. The van der Waals surface area contributed by atoms with Crippen LogP contribution >= 0.6 is 0 Å². The molecule has 2 fully saturated rings. The lowest BCUT2D eigenvalue weighted by molar-refractivity contribution is -0.131. The van der Waals surface area contributed by atoms with E-state index in [1.54, 1.807) is 6.20 Å². The van der Waals surface area contributed by atoms with E-state index in [1.165, 1.54) is 6.42 Å². The fourth-order valence-electron chi connectivity index (χ4n) is 3.73. The monoisotopic (exact) mass is 330 g/mol. The van der Waals surface area contributed by atoms with Gasteiger partial charge in [0.25, 0.3) is 5.91 Å². The Morgan fingerprint density at radius 1 is 1.17 bits per heavy atom. The van der Waals surface area contributed by atoms with E-state index in [4.69, 9.17) is 0 Å². The Morgan fingerprint density at radius 3 is 2.62 bits per heavy atom. The minimum Gasteiger partial charge on any atom is -0.339 e. The molecular weight excluding hydrogens is 304 g/mol. The van der Waals surface area contributed by atoms with E-state index in [-0.39, 0.29) is 17.9 Å². The molecule has 0 radical (unpaired) electrons. The van der Waals surface area contributed by atoms with E-state index in [9.17, 15) is 9.59 Å². The van der Waals surface area contributed by atoms with E-state index < -0.39 is 0 Å². The molecule has 2 amide bonds. The smallest absolute Gasteiger partial charge is 0.257 e. The van der Waals surface area contributed by atoms with Gasteiger partial charge in [0.05, 0.1) is 17.3 Å². The zero-order chi connectivity index (χ0) is 17.1. The number of aromatic nitrogens is 2. The Hall–Kier alpha value is -1.98. The van der Waals surface area contributed by atoms with E-state index in [2.05, 4.69) is 9.97 Å². The Bertz CT molecular complexity index is 625. The summed E-state index contributed by atoms with van der Waals surface area (Å²) in [6, 6.07) is -0.0945. The molecule has 6 nitrogen and oxygen atoms in total. The van der Waals surface area contributed by atoms with Gasteiger partial charge in [-0.15, -0.1) is 0 Å². The molecule has 1 aromatic heterocycles. The standard InChI is InChI=1S/C18H26N4O2/c1-3-16(23)22-11-7-8-15(22)17-14(12-19-13(2)20-17)18(24)21-9-5-4-6-10-21/h12,15H,3-11H2,1-2H3. The molecule has 2 aliphatic heterocycles. The highest BCUT2D eigenvalue weighted by molar-refractivity contribution is 5.95. The SMILES string of the molecule is CCC(=O)N1CCCC1c1nc(C)ncc1C(=O)N1CCCCC1. The van der Waals surface area contributed by atoms with E-state index >= 15 is 0 Å². The first-order chi connectivity index (χ1) is 11.6. The number of rotatable bonds is 3. The highest BCUT2D eigenvalue weighted by Gasteiger charge is 2.34. The lowest BCUT2D eigenvalue weighted by atomic mass is 10.0. The summed E-state index contributed by atoms with van der Waals surface area (Å²) in [7, 11) is 0. The third-order valence-electron chi connectivity index (χ3n) is 5.00. The van der Waals surface area contributed by atoms with Crippen molar-refractivity contribution in [1.82, 2.24) is 19.8 Å². The second kappa shape index (κ2) is 7.28. The first-order valence-corrected chi connectivity index (χ1v) is 9.04. The molecule has 3 heterocycles. The maximum Gasteiger partial charge on any atom is 0.257 e. The van der Waals surface area contributed by atoms with Gasteiger partial charge < -0.3 is 9.80 Å². The van der Waals surface area contributed by atoms with Crippen molar-refractivity contribution >= 4 is 11.8 Å². The summed E-state index contributed by atoms with van der Waals surface area (Å²) >= 11 is 0. The summed E-state index contributed by atoms with van der Waals surface area (Å²) in [6.45, 7) is 6.06. The number of nitrogens with zero attached hydrogens (tertiary/aromatic N) is 4. The predicted molar refractivity (Wildman–Crippen MR) is 90.5 cm³/mol. The third kappa shape index (κ3) is 3.28. The number of hydrogen-bond donors (Lipinski definition) is 0. The number of carbonyl (C=O) groups excluding carboxylic acids is 2. The third-order valence-corrected chi connectivity index (χ3v) is 5.00. The van der Waals surface area contributed by atoms with Crippen LogP contribution in [0.5, 0.6) is 0 Å². The van der Waals surface area contributed by atoms with Gasteiger partial charge in [0.2, 0.25) is 5.91 Å². The van der Waals surface area contributed by atoms with Crippen molar-refractivity contribution in [2.45, 2.75) is 58.4 Å². The zero-order valence-corrected chi connectivity index (χ0v) is 14.6. The van der Waals surface area contributed by atoms with Crippen molar-refractivity contribution in [3.63, 3.8) is 0 Å². The van der Waals surface area contributed by atoms with E-state index in [0.717, 1.165) is 51.0 Å². The van der Waals surface area contributed by atoms with Crippen LogP contribution < -0.4 is 0 Å². The number of likely N-dealkylation sites (tertiary alicyclic amines) is 2. The van der Waals surface area contributed by atoms with Crippen molar-refractivity contribution in [1.29, 1.82) is 0 Å². The van der Waals surface area contributed by atoms with Crippen LogP contribution in [0.3, 0.4) is 0 Å². The number of carbonyl (C=O) groups is 2. The molecule has 1 aromatic rings. The van der Waals surface area contributed by atoms with Crippen molar-refractivity contribution in [3.8, 4) is 0 Å². The van der Waals surface area contributed by atoms with Gasteiger partial charge in [0, 0.05) is 32.3 Å². The minimum absolute atomic E-state index is 0.0143. The fourth-order valence-corrected chi connectivity index (χ4v) is 3.73. The van der Waals surface area contributed by atoms with Crippen LogP contribution in [0.25, 0.3) is 0 Å². The summed E-state index contributed by atoms with van der Waals surface area (Å²) in [6.07, 6.45) is 7.24. The maximum atomic E-state index is 13.0. The van der Waals surface area contributed by atoms with Gasteiger partial charge in [-0.3, -0.25) is 9.59 Å². The van der Waals surface area contributed by atoms with Gasteiger partial charge in [-0.05, 0) is 39.0 Å². The maximum absolute atomic E-state index is 13.0. The molecule has 6 heteroatoms. The first kappa shape index (κ1) is 16.9. The summed E-state index contributed by atoms with van der Waals surface area (Å²) in [5.74, 6) is 0.793. The van der Waals surface area contributed by atoms with Crippen molar-refractivity contribution in [3.05, 3.63) is 23.3 Å². The normalized spacial score (nSPS) is 21.2. The quantitative estimate of drug-likeness (QED) is 0.854. The highest BCUT2D eigenvalue weighted by Crippen LogP contribution is 2.33. The molecule has 1 atom stereocenters. The van der Waals surface area contributed by atoms with Crippen LogP contribution in [0.2, 0.25) is 0 Å². The average Bonchev–Trinajstić information content (AvgIpc) is 3.10. The second-order valence-electron chi connectivity index (χ2n) is 6.67. The van der Waals surface area contributed by atoms with Crippen LogP contribution in [-0.4, -0.2) is 51.2 Å². The largest absolute Gasteiger partial charge is 0.339 e. The Balaban J connectivity index is 1.93. The van der Waals surface area contributed by atoms with Gasteiger partial charge in [-0.2, -0.15) is 0 Å². The molecule has 0 bridgehead atoms. The molecule has 0 saturated carbocycles. The molecule has 0 N–H and O–H groups in total. The van der Waals surface area contributed by atoms with Gasteiger partial charge in [0.1, 0.15) is 5.82 Å². The van der Waals surface area contributed by atoms with Gasteiger partial charge in [-0.1, -0.05) is 6.92 Å².